The molecule has 1 aromatic carbocycles. The van der Waals surface area contributed by atoms with Crippen molar-refractivity contribution in [1.82, 2.24) is 0 Å². The highest BCUT2D eigenvalue weighted by atomic mass is 16.5. The maximum atomic E-state index is 8.85. The van der Waals surface area contributed by atoms with Crippen molar-refractivity contribution >= 4 is 0 Å². The van der Waals surface area contributed by atoms with Crippen LogP contribution < -0.4 is 10.5 Å². The average Bonchev–Trinajstić information content (AvgIpc) is 2.27. The van der Waals surface area contributed by atoms with Gasteiger partial charge in [0, 0.05) is 0 Å². The standard InChI is InChI=1S/C12H16N2O/c1-3-8-15-11-6-4-10(5-7-11)12(2,14)9-13/h4-7H,3,8,14H2,1-2H3. The summed E-state index contributed by atoms with van der Waals surface area (Å²) in [6.45, 7) is 4.45. The lowest BCUT2D eigenvalue weighted by molar-refractivity contribution is 0.317. The molecule has 0 spiro atoms. The third-order valence-corrected chi connectivity index (χ3v) is 2.16. The molecule has 0 saturated heterocycles. The van der Waals surface area contributed by atoms with Crippen LogP contribution in [0.25, 0.3) is 0 Å². The summed E-state index contributed by atoms with van der Waals surface area (Å²) in [6, 6.07) is 9.39. The lowest BCUT2D eigenvalue weighted by Gasteiger charge is -2.16. The van der Waals surface area contributed by atoms with E-state index in [1.807, 2.05) is 24.3 Å². The Kier molecular flexibility index (Phi) is 3.70. The topological polar surface area (TPSA) is 59.0 Å². The molecule has 1 aromatic rings. The van der Waals surface area contributed by atoms with Crippen LogP contribution in [-0.4, -0.2) is 6.61 Å². The second-order valence-corrected chi connectivity index (χ2v) is 3.69. The van der Waals surface area contributed by atoms with Crippen LogP contribution >= 0.6 is 0 Å². The first-order chi connectivity index (χ1) is 7.10. The second kappa shape index (κ2) is 4.81. The summed E-state index contributed by atoms with van der Waals surface area (Å²) >= 11 is 0. The molecule has 0 aliphatic carbocycles. The summed E-state index contributed by atoms with van der Waals surface area (Å²) in [5.74, 6) is 0.814. The molecule has 0 aromatic heterocycles. The molecule has 0 heterocycles. The van der Waals surface area contributed by atoms with Gasteiger partial charge >= 0.3 is 0 Å². The minimum Gasteiger partial charge on any atom is -0.494 e. The molecule has 3 nitrogen and oxygen atoms in total. The van der Waals surface area contributed by atoms with Crippen LogP contribution in [0.3, 0.4) is 0 Å². The summed E-state index contributed by atoms with van der Waals surface area (Å²) in [5, 5.41) is 8.85. The van der Waals surface area contributed by atoms with Crippen LogP contribution in [0.1, 0.15) is 25.8 Å². The average molecular weight is 204 g/mol. The van der Waals surface area contributed by atoms with Gasteiger partial charge in [0.05, 0.1) is 12.7 Å². The predicted octanol–water partition coefficient (Wildman–Crippen LogP) is 2.17. The highest BCUT2D eigenvalue weighted by molar-refractivity contribution is 5.34. The molecule has 1 unspecified atom stereocenters. The Hall–Kier alpha value is -1.53. The molecular weight excluding hydrogens is 188 g/mol. The molecular formula is C12H16N2O. The van der Waals surface area contributed by atoms with Gasteiger partial charge in [0.15, 0.2) is 0 Å². The van der Waals surface area contributed by atoms with E-state index in [4.69, 9.17) is 15.7 Å². The minimum absolute atomic E-state index is 0.706. The third-order valence-electron chi connectivity index (χ3n) is 2.16. The molecule has 0 saturated carbocycles. The zero-order chi connectivity index (χ0) is 11.3. The number of rotatable bonds is 4. The number of nitrogens with zero attached hydrogens (tertiary/aromatic N) is 1. The predicted molar refractivity (Wildman–Crippen MR) is 59.4 cm³/mol. The normalized spacial score (nSPS) is 14.0. The van der Waals surface area contributed by atoms with E-state index in [1.54, 1.807) is 6.92 Å². The highest BCUT2D eigenvalue weighted by Gasteiger charge is 2.19. The van der Waals surface area contributed by atoms with E-state index < -0.39 is 5.54 Å². The summed E-state index contributed by atoms with van der Waals surface area (Å²) < 4.78 is 5.43. The van der Waals surface area contributed by atoms with Gasteiger partial charge in [-0.1, -0.05) is 19.1 Å². The first-order valence-electron chi connectivity index (χ1n) is 5.03. The number of ether oxygens (including phenoxy) is 1. The van der Waals surface area contributed by atoms with Gasteiger partial charge in [0.25, 0.3) is 0 Å². The molecule has 1 atom stereocenters. The van der Waals surface area contributed by atoms with Crippen molar-refractivity contribution < 1.29 is 4.74 Å². The Morgan fingerprint density at radius 1 is 1.40 bits per heavy atom. The molecule has 0 aliphatic rings. The molecule has 0 fully saturated rings. The highest BCUT2D eigenvalue weighted by Crippen LogP contribution is 2.20. The monoisotopic (exact) mass is 204 g/mol. The van der Waals surface area contributed by atoms with E-state index in [9.17, 15) is 0 Å². The van der Waals surface area contributed by atoms with E-state index in [0.29, 0.717) is 6.61 Å². The van der Waals surface area contributed by atoms with Crippen LogP contribution in [0.4, 0.5) is 0 Å². The molecule has 0 amide bonds. The smallest absolute Gasteiger partial charge is 0.126 e. The van der Waals surface area contributed by atoms with Crippen molar-refractivity contribution in [2.45, 2.75) is 25.8 Å². The van der Waals surface area contributed by atoms with Crippen molar-refractivity contribution in [3.63, 3.8) is 0 Å². The Labute approximate surface area is 90.5 Å². The summed E-state index contributed by atoms with van der Waals surface area (Å²) in [5.41, 5.74) is 5.66. The zero-order valence-electron chi connectivity index (χ0n) is 9.16. The fraction of sp³-hybridized carbons (Fsp3) is 0.417. The maximum absolute atomic E-state index is 8.85. The van der Waals surface area contributed by atoms with Gasteiger partial charge in [-0.05, 0) is 31.0 Å². The Bertz CT molecular complexity index is 349. The van der Waals surface area contributed by atoms with Gasteiger partial charge in [0.1, 0.15) is 11.3 Å². The molecule has 1 rings (SSSR count). The lowest BCUT2D eigenvalue weighted by Crippen LogP contribution is -2.30. The van der Waals surface area contributed by atoms with E-state index in [0.717, 1.165) is 17.7 Å². The number of hydrogen-bond donors (Lipinski definition) is 1. The molecule has 80 valence electrons. The Morgan fingerprint density at radius 2 is 2.00 bits per heavy atom. The fourth-order valence-electron chi connectivity index (χ4n) is 1.18. The van der Waals surface area contributed by atoms with E-state index in [-0.39, 0.29) is 0 Å². The number of nitrogens with two attached hydrogens (primary N) is 1. The largest absolute Gasteiger partial charge is 0.494 e. The van der Waals surface area contributed by atoms with E-state index in [2.05, 4.69) is 13.0 Å². The summed E-state index contributed by atoms with van der Waals surface area (Å²) in [7, 11) is 0. The molecule has 0 radical (unpaired) electrons. The first kappa shape index (κ1) is 11.5. The minimum atomic E-state index is -0.927. The van der Waals surface area contributed by atoms with Crippen molar-refractivity contribution in [1.29, 1.82) is 5.26 Å². The molecule has 0 aliphatic heterocycles. The quantitative estimate of drug-likeness (QED) is 0.817. The van der Waals surface area contributed by atoms with E-state index in [1.165, 1.54) is 0 Å². The summed E-state index contributed by atoms with van der Waals surface area (Å²) in [4.78, 5) is 0. The maximum Gasteiger partial charge on any atom is 0.126 e. The van der Waals surface area contributed by atoms with Crippen LogP contribution in [0.15, 0.2) is 24.3 Å². The van der Waals surface area contributed by atoms with Crippen LogP contribution in [0.5, 0.6) is 5.75 Å². The number of benzene rings is 1. The molecule has 0 bridgehead atoms. The van der Waals surface area contributed by atoms with Gasteiger partial charge < -0.3 is 10.5 Å². The van der Waals surface area contributed by atoms with Crippen LogP contribution in [0, 0.1) is 11.3 Å². The fourth-order valence-corrected chi connectivity index (χ4v) is 1.18. The third kappa shape index (κ3) is 2.97. The van der Waals surface area contributed by atoms with Crippen molar-refractivity contribution in [3.05, 3.63) is 29.8 Å². The van der Waals surface area contributed by atoms with Crippen molar-refractivity contribution in [2.24, 2.45) is 5.73 Å². The van der Waals surface area contributed by atoms with Gasteiger partial charge in [0.2, 0.25) is 0 Å². The number of nitriles is 1. The van der Waals surface area contributed by atoms with Gasteiger partial charge in [-0.15, -0.1) is 0 Å². The molecule has 2 N–H and O–H groups in total. The number of hydrogen-bond acceptors (Lipinski definition) is 3. The van der Waals surface area contributed by atoms with Gasteiger partial charge in [-0.3, -0.25) is 0 Å². The molecule has 15 heavy (non-hydrogen) atoms. The van der Waals surface area contributed by atoms with Gasteiger partial charge in [-0.25, -0.2) is 0 Å². The Balaban J connectivity index is 2.77. The van der Waals surface area contributed by atoms with Crippen LogP contribution in [0.2, 0.25) is 0 Å². The van der Waals surface area contributed by atoms with Crippen molar-refractivity contribution in [3.8, 4) is 11.8 Å². The Morgan fingerprint density at radius 3 is 2.47 bits per heavy atom. The lowest BCUT2D eigenvalue weighted by atomic mass is 9.95. The molecule has 3 heteroatoms. The van der Waals surface area contributed by atoms with Gasteiger partial charge in [-0.2, -0.15) is 5.26 Å². The summed E-state index contributed by atoms with van der Waals surface area (Å²) in [6.07, 6.45) is 0.981. The SMILES string of the molecule is CCCOc1ccc(C(C)(N)C#N)cc1. The van der Waals surface area contributed by atoms with Crippen molar-refractivity contribution in [2.75, 3.05) is 6.61 Å². The first-order valence-corrected chi connectivity index (χ1v) is 5.03. The van der Waals surface area contributed by atoms with E-state index >= 15 is 0 Å². The second-order valence-electron chi connectivity index (χ2n) is 3.69. The van der Waals surface area contributed by atoms with Crippen LogP contribution in [-0.2, 0) is 5.54 Å². The zero-order valence-corrected chi connectivity index (χ0v) is 9.16.